The third-order valence-electron chi connectivity index (χ3n) is 2.46. The van der Waals surface area contributed by atoms with Crippen molar-refractivity contribution in [2.75, 3.05) is 45.3 Å². The Hall–Kier alpha value is -0.260. The predicted molar refractivity (Wildman–Crippen MR) is 63.2 cm³/mol. The van der Waals surface area contributed by atoms with Gasteiger partial charge in [-0.1, -0.05) is 0 Å². The van der Waals surface area contributed by atoms with Gasteiger partial charge in [0.1, 0.15) is 0 Å². The largest absolute Gasteiger partial charge is 0.375 e. The van der Waals surface area contributed by atoms with Crippen LogP contribution in [0.4, 0.5) is 0 Å². The summed E-state index contributed by atoms with van der Waals surface area (Å²) in [6, 6.07) is 0. The molecule has 88 valence electrons. The third-order valence-corrected chi connectivity index (χ3v) is 3.05. The molecular weight excluding hydrogens is 212 g/mol. The number of ether oxygens (including phenoxy) is 1. The van der Waals surface area contributed by atoms with E-state index in [1.165, 1.54) is 0 Å². The van der Waals surface area contributed by atoms with Crippen LogP contribution in [-0.4, -0.2) is 62.2 Å². The fourth-order valence-corrected chi connectivity index (χ4v) is 1.91. The molecule has 0 spiro atoms. The average molecular weight is 232 g/mol. The van der Waals surface area contributed by atoms with Crippen LogP contribution in [0.3, 0.4) is 0 Å². The molecule has 0 aliphatic carbocycles. The maximum Gasteiger partial charge on any atom is 0.225 e. The number of carbonyl (C=O) groups is 1. The molecule has 0 aromatic carbocycles. The van der Waals surface area contributed by atoms with Crippen molar-refractivity contribution in [1.29, 1.82) is 0 Å². The Kier molecular flexibility index (Phi) is 6.05. The van der Waals surface area contributed by atoms with Gasteiger partial charge in [0.25, 0.3) is 0 Å². The van der Waals surface area contributed by atoms with Crippen LogP contribution in [0.25, 0.3) is 0 Å². The zero-order valence-corrected chi connectivity index (χ0v) is 10.3. The number of hydrogen-bond acceptors (Lipinski definition) is 4. The van der Waals surface area contributed by atoms with Crippen LogP contribution in [0, 0.1) is 0 Å². The first-order valence-corrected chi connectivity index (χ1v) is 6.68. The monoisotopic (exact) mass is 232 g/mol. The van der Waals surface area contributed by atoms with Crippen LogP contribution in [-0.2, 0) is 9.53 Å². The van der Waals surface area contributed by atoms with Crippen molar-refractivity contribution in [2.45, 2.75) is 12.5 Å². The minimum absolute atomic E-state index is 0.0583. The molecule has 1 rings (SSSR count). The Balaban J connectivity index is 2.20. The second-order valence-corrected chi connectivity index (χ2v) is 4.69. The molecule has 1 amide bonds. The molecule has 0 bridgehead atoms. The van der Waals surface area contributed by atoms with Crippen LogP contribution >= 0.6 is 11.8 Å². The van der Waals surface area contributed by atoms with Gasteiger partial charge in [0.15, 0.2) is 0 Å². The highest BCUT2D eigenvalue weighted by atomic mass is 32.2. The van der Waals surface area contributed by atoms with Gasteiger partial charge in [0, 0.05) is 32.4 Å². The number of rotatable bonds is 5. The van der Waals surface area contributed by atoms with Gasteiger partial charge in [0.05, 0.1) is 19.1 Å². The highest BCUT2D eigenvalue weighted by molar-refractivity contribution is 7.98. The fraction of sp³-hybridized carbons (Fsp3) is 0.900. The summed E-state index contributed by atoms with van der Waals surface area (Å²) in [5, 5.41) is 3.22. The first kappa shape index (κ1) is 12.8. The SMILES string of the molecule is CSCCN(C)C(=O)CC1CNCCO1. The van der Waals surface area contributed by atoms with E-state index in [9.17, 15) is 4.79 Å². The molecule has 0 radical (unpaired) electrons. The molecule has 0 aromatic rings. The van der Waals surface area contributed by atoms with Crippen molar-refractivity contribution in [3.8, 4) is 0 Å². The Morgan fingerprint density at radius 2 is 2.47 bits per heavy atom. The van der Waals surface area contributed by atoms with Gasteiger partial charge in [-0.25, -0.2) is 0 Å². The van der Waals surface area contributed by atoms with E-state index in [0.717, 1.165) is 25.4 Å². The molecule has 15 heavy (non-hydrogen) atoms. The van der Waals surface area contributed by atoms with Gasteiger partial charge in [0.2, 0.25) is 5.91 Å². The molecule has 1 N–H and O–H groups in total. The van der Waals surface area contributed by atoms with E-state index in [0.29, 0.717) is 13.0 Å². The standard InChI is InChI=1S/C10H20N2O2S/c1-12(4-6-15-2)10(13)7-9-8-11-3-5-14-9/h9,11H,3-8H2,1-2H3. The van der Waals surface area contributed by atoms with Crippen LogP contribution < -0.4 is 5.32 Å². The lowest BCUT2D eigenvalue weighted by atomic mass is 10.2. The van der Waals surface area contributed by atoms with Gasteiger partial charge in [-0.2, -0.15) is 11.8 Å². The lowest BCUT2D eigenvalue weighted by Gasteiger charge is -2.25. The van der Waals surface area contributed by atoms with Crippen molar-refractivity contribution in [2.24, 2.45) is 0 Å². The molecule has 1 aliphatic rings. The first-order valence-electron chi connectivity index (χ1n) is 5.29. The molecule has 1 heterocycles. The van der Waals surface area contributed by atoms with E-state index in [-0.39, 0.29) is 12.0 Å². The predicted octanol–water partition coefficient (Wildman–Crippen LogP) is 0.186. The van der Waals surface area contributed by atoms with Crippen molar-refractivity contribution in [3.63, 3.8) is 0 Å². The quantitative estimate of drug-likeness (QED) is 0.734. The molecule has 4 nitrogen and oxygen atoms in total. The van der Waals surface area contributed by atoms with Gasteiger partial charge >= 0.3 is 0 Å². The number of morpholine rings is 1. The summed E-state index contributed by atoms with van der Waals surface area (Å²) in [7, 11) is 1.86. The molecule has 0 saturated carbocycles. The lowest BCUT2D eigenvalue weighted by molar-refractivity contribution is -0.133. The smallest absolute Gasteiger partial charge is 0.225 e. The van der Waals surface area contributed by atoms with Crippen LogP contribution in [0.1, 0.15) is 6.42 Å². The summed E-state index contributed by atoms with van der Waals surface area (Å²) in [5.41, 5.74) is 0. The van der Waals surface area contributed by atoms with E-state index in [1.54, 1.807) is 16.7 Å². The van der Waals surface area contributed by atoms with E-state index in [4.69, 9.17) is 4.74 Å². The summed E-state index contributed by atoms with van der Waals surface area (Å²) in [6.45, 7) is 3.22. The molecule has 1 aliphatic heterocycles. The summed E-state index contributed by atoms with van der Waals surface area (Å²) < 4.78 is 5.49. The molecular formula is C10H20N2O2S. The van der Waals surface area contributed by atoms with E-state index >= 15 is 0 Å². The van der Waals surface area contributed by atoms with Crippen molar-refractivity contribution < 1.29 is 9.53 Å². The summed E-state index contributed by atoms with van der Waals surface area (Å²) in [4.78, 5) is 13.5. The number of hydrogen-bond donors (Lipinski definition) is 1. The summed E-state index contributed by atoms with van der Waals surface area (Å²) in [5.74, 6) is 1.17. The Morgan fingerprint density at radius 3 is 3.07 bits per heavy atom. The molecule has 1 atom stereocenters. The van der Waals surface area contributed by atoms with Crippen molar-refractivity contribution in [3.05, 3.63) is 0 Å². The number of nitrogens with zero attached hydrogens (tertiary/aromatic N) is 1. The van der Waals surface area contributed by atoms with Crippen LogP contribution in [0.2, 0.25) is 0 Å². The highest BCUT2D eigenvalue weighted by Crippen LogP contribution is 2.04. The van der Waals surface area contributed by atoms with E-state index < -0.39 is 0 Å². The van der Waals surface area contributed by atoms with Gasteiger partial charge in [-0.3, -0.25) is 4.79 Å². The molecule has 5 heteroatoms. The highest BCUT2D eigenvalue weighted by Gasteiger charge is 2.19. The topological polar surface area (TPSA) is 41.6 Å². The Morgan fingerprint density at radius 1 is 1.67 bits per heavy atom. The Labute approximate surface area is 95.7 Å². The van der Waals surface area contributed by atoms with Crippen LogP contribution in [0.15, 0.2) is 0 Å². The maximum absolute atomic E-state index is 11.7. The van der Waals surface area contributed by atoms with Crippen LogP contribution in [0.5, 0.6) is 0 Å². The molecule has 1 fully saturated rings. The zero-order valence-electron chi connectivity index (χ0n) is 9.49. The minimum atomic E-state index is 0.0583. The third kappa shape index (κ3) is 4.86. The molecule has 0 aromatic heterocycles. The normalized spacial score (nSPS) is 21.3. The molecule has 1 unspecified atom stereocenters. The first-order chi connectivity index (χ1) is 7.24. The van der Waals surface area contributed by atoms with E-state index in [2.05, 4.69) is 5.32 Å². The summed E-state index contributed by atoms with van der Waals surface area (Å²) >= 11 is 1.76. The van der Waals surface area contributed by atoms with Gasteiger partial charge < -0.3 is 15.0 Å². The number of amides is 1. The molecule has 1 saturated heterocycles. The second-order valence-electron chi connectivity index (χ2n) is 3.71. The maximum atomic E-state index is 11.7. The van der Waals surface area contributed by atoms with Gasteiger partial charge in [-0.15, -0.1) is 0 Å². The second kappa shape index (κ2) is 7.09. The number of carbonyl (C=O) groups excluding carboxylic acids is 1. The lowest BCUT2D eigenvalue weighted by Crippen LogP contribution is -2.42. The minimum Gasteiger partial charge on any atom is -0.375 e. The number of thioether (sulfide) groups is 1. The summed E-state index contributed by atoms with van der Waals surface area (Å²) in [6.07, 6.45) is 2.60. The average Bonchev–Trinajstić information content (AvgIpc) is 2.27. The number of nitrogens with one attached hydrogen (secondary N) is 1. The zero-order chi connectivity index (χ0) is 11.1. The van der Waals surface area contributed by atoms with E-state index in [1.807, 2.05) is 13.3 Å². The van der Waals surface area contributed by atoms with Crippen molar-refractivity contribution in [1.82, 2.24) is 10.2 Å². The Bertz CT molecular complexity index is 196. The fourth-order valence-electron chi connectivity index (χ4n) is 1.45. The van der Waals surface area contributed by atoms with Crippen molar-refractivity contribution >= 4 is 17.7 Å². The van der Waals surface area contributed by atoms with Gasteiger partial charge in [-0.05, 0) is 6.26 Å².